The highest BCUT2D eigenvalue weighted by Crippen LogP contribution is 2.29. The van der Waals surface area contributed by atoms with Gasteiger partial charge in [0.05, 0.1) is 29.6 Å². The van der Waals surface area contributed by atoms with E-state index in [2.05, 4.69) is 20.3 Å². The van der Waals surface area contributed by atoms with E-state index in [0.29, 0.717) is 26.8 Å². The number of rotatable bonds is 7. The third-order valence-corrected chi connectivity index (χ3v) is 5.70. The number of carbonyl (C=O) groups is 3. The molecule has 2 amide bonds. The van der Waals surface area contributed by atoms with E-state index in [1.807, 2.05) is 0 Å². The summed E-state index contributed by atoms with van der Waals surface area (Å²) in [6.45, 7) is 3.18. The second kappa shape index (κ2) is 9.80. The van der Waals surface area contributed by atoms with Crippen LogP contribution in [0, 0.1) is 6.92 Å². The number of hydrogen-bond acceptors (Lipinski definition) is 8. The molecule has 2 heterocycles. The quantitative estimate of drug-likeness (QED) is 0.538. The molecule has 0 saturated carbocycles. The van der Waals surface area contributed by atoms with E-state index in [1.165, 1.54) is 0 Å². The van der Waals surface area contributed by atoms with Crippen LogP contribution in [0.3, 0.4) is 0 Å². The van der Waals surface area contributed by atoms with E-state index >= 15 is 0 Å². The predicted molar refractivity (Wildman–Crippen MR) is 116 cm³/mol. The van der Waals surface area contributed by atoms with Crippen molar-refractivity contribution in [2.75, 3.05) is 25.6 Å². The van der Waals surface area contributed by atoms with Crippen LogP contribution in [0.4, 0.5) is 9.80 Å². The van der Waals surface area contributed by atoms with E-state index in [0.717, 1.165) is 11.5 Å². The summed E-state index contributed by atoms with van der Waals surface area (Å²) in [6.07, 6.45) is 0. The van der Waals surface area contributed by atoms with Gasteiger partial charge in [-0.15, -0.1) is 0 Å². The first kappa shape index (κ1) is 22.6. The summed E-state index contributed by atoms with van der Waals surface area (Å²) in [5.74, 6) is -1.26. The van der Waals surface area contributed by atoms with Crippen LogP contribution in [-0.4, -0.2) is 42.6 Å². The van der Waals surface area contributed by atoms with Crippen LogP contribution < -0.4 is 16.0 Å². The van der Waals surface area contributed by atoms with E-state index in [4.69, 9.17) is 21.1 Å². The Balaban J connectivity index is 1.94. The average Bonchev–Trinajstić information content (AvgIpc) is 3.12. The lowest BCUT2D eigenvalue weighted by Crippen LogP contribution is -2.47. The molecular weight excluding hydrogens is 444 g/mol. The standard InChI is InChI=1S/C20H21ClN4O5S/c1-4-29-19(27)15-13(9-30-18(26)14-10(2)25-31-17(14)22-3)23-20(28)24-16(15)11-5-7-12(21)8-6-11/h5-8,16,22H,4,9H2,1-3H3,(H2,23,24,28). The number of hydrogen-bond donors (Lipinski definition) is 3. The number of benzene rings is 1. The topological polar surface area (TPSA) is 119 Å². The molecule has 1 aromatic carbocycles. The maximum absolute atomic E-state index is 12.7. The van der Waals surface area contributed by atoms with Crippen molar-refractivity contribution in [1.29, 1.82) is 0 Å². The highest BCUT2D eigenvalue weighted by Gasteiger charge is 2.34. The predicted octanol–water partition coefficient (Wildman–Crippen LogP) is 3.17. The zero-order valence-electron chi connectivity index (χ0n) is 17.1. The third kappa shape index (κ3) is 4.97. The molecule has 0 spiro atoms. The molecule has 9 nitrogen and oxygen atoms in total. The molecule has 0 bridgehead atoms. The SMILES string of the molecule is CCOC(=O)C1=C(COC(=O)c2c(C)nsc2NC)NC(=O)NC1c1ccc(Cl)cc1. The average molecular weight is 465 g/mol. The molecule has 1 aromatic heterocycles. The minimum Gasteiger partial charge on any atom is -0.463 e. The fourth-order valence-corrected chi connectivity index (χ4v) is 3.94. The summed E-state index contributed by atoms with van der Waals surface area (Å²) in [6, 6.07) is 5.36. The zero-order chi connectivity index (χ0) is 22.5. The molecule has 0 fully saturated rings. The number of halogens is 1. The van der Waals surface area contributed by atoms with Gasteiger partial charge in [-0.05, 0) is 43.1 Å². The van der Waals surface area contributed by atoms with E-state index < -0.39 is 24.0 Å². The lowest BCUT2D eigenvalue weighted by atomic mass is 9.95. The Labute approximate surface area is 187 Å². The molecule has 0 aliphatic carbocycles. The van der Waals surface area contributed by atoms with Crippen LogP contribution in [0.2, 0.25) is 5.02 Å². The van der Waals surface area contributed by atoms with Crippen molar-refractivity contribution in [2.45, 2.75) is 19.9 Å². The molecule has 0 saturated heterocycles. The summed E-state index contributed by atoms with van der Waals surface area (Å²) in [7, 11) is 1.68. The van der Waals surface area contributed by atoms with Gasteiger partial charge in [-0.2, -0.15) is 4.37 Å². The Morgan fingerprint density at radius 1 is 1.23 bits per heavy atom. The summed E-state index contributed by atoms with van der Waals surface area (Å²) < 4.78 is 14.7. The summed E-state index contributed by atoms with van der Waals surface area (Å²) in [5, 5.41) is 9.24. The van der Waals surface area contributed by atoms with Gasteiger partial charge in [0, 0.05) is 12.1 Å². The van der Waals surface area contributed by atoms with Gasteiger partial charge in [0.2, 0.25) is 0 Å². The minimum absolute atomic E-state index is 0.141. The Hall–Kier alpha value is -3.11. The van der Waals surface area contributed by atoms with Crippen molar-refractivity contribution in [3.8, 4) is 0 Å². The monoisotopic (exact) mass is 464 g/mol. The lowest BCUT2D eigenvalue weighted by Gasteiger charge is -2.29. The van der Waals surface area contributed by atoms with Crippen LogP contribution in [0.25, 0.3) is 0 Å². The maximum atomic E-state index is 12.7. The summed E-state index contributed by atoms with van der Waals surface area (Å²) in [4.78, 5) is 37.7. The Bertz CT molecular complexity index is 1030. The molecule has 0 radical (unpaired) electrons. The number of nitrogens with one attached hydrogen (secondary N) is 3. The van der Waals surface area contributed by atoms with Crippen molar-refractivity contribution in [3.63, 3.8) is 0 Å². The minimum atomic E-state index is -0.795. The molecule has 11 heteroatoms. The molecular formula is C20H21ClN4O5S. The molecule has 2 aromatic rings. The molecule has 1 aliphatic heterocycles. The smallest absolute Gasteiger partial charge is 0.343 e. The normalized spacial score (nSPS) is 15.7. The van der Waals surface area contributed by atoms with Crippen LogP contribution in [-0.2, 0) is 14.3 Å². The number of carbonyl (C=O) groups excluding carboxylic acids is 3. The number of urea groups is 1. The fraction of sp³-hybridized carbons (Fsp3) is 0.300. The molecule has 3 N–H and O–H groups in total. The Kier molecular flexibility index (Phi) is 7.13. The number of aryl methyl sites for hydroxylation is 1. The number of anilines is 1. The van der Waals surface area contributed by atoms with Gasteiger partial charge in [-0.25, -0.2) is 14.4 Å². The number of aromatic nitrogens is 1. The number of esters is 2. The molecule has 1 aliphatic rings. The summed E-state index contributed by atoms with van der Waals surface area (Å²) >= 11 is 7.10. The van der Waals surface area contributed by atoms with Gasteiger partial charge in [-0.1, -0.05) is 23.7 Å². The van der Waals surface area contributed by atoms with Crippen molar-refractivity contribution in [2.24, 2.45) is 0 Å². The van der Waals surface area contributed by atoms with Crippen LogP contribution in [0.5, 0.6) is 0 Å². The van der Waals surface area contributed by atoms with E-state index in [1.54, 1.807) is 45.2 Å². The molecule has 31 heavy (non-hydrogen) atoms. The molecule has 3 rings (SSSR count). The van der Waals surface area contributed by atoms with E-state index in [9.17, 15) is 14.4 Å². The van der Waals surface area contributed by atoms with Gasteiger partial charge >= 0.3 is 18.0 Å². The second-order valence-corrected chi connectivity index (χ2v) is 7.70. The summed E-state index contributed by atoms with van der Waals surface area (Å²) in [5.41, 5.74) is 1.74. The highest BCUT2D eigenvalue weighted by molar-refractivity contribution is 7.10. The second-order valence-electron chi connectivity index (χ2n) is 6.49. The molecule has 164 valence electrons. The van der Waals surface area contributed by atoms with Crippen LogP contribution in [0.15, 0.2) is 35.5 Å². The molecule has 1 unspecified atom stereocenters. The first-order chi connectivity index (χ1) is 14.8. The van der Waals surface area contributed by atoms with Crippen molar-refractivity contribution >= 4 is 46.1 Å². The lowest BCUT2D eigenvalue weighted by molar-refractivity contribution is -0.139. The van der Waals surface area contributed by atoms with Crippen LogP contribution in [0.1, 0.15) is 34.6 Å². The Morgan fingerprint density at radius 3 is 2.58 bits per heavy atom. The van der Waals surface area contributed by atoms with Gasteiger partial charge < -0.3 is 25.4 Å². The van der Waals surface area contributed by atoms with Gasteiger partial charge in [0.15, 0.2) is 0 Å². The number of nitrogens with zero attached hydrogens (tertiary/aromatic N) is 1. The van der Waals surface area contributed by atoms with Crippen molar-refractivity contribution < 1.29 is 23.9 Å². The fourth-order valence-electron chi connectivity index (χ4n) is 3.08. The first-order valence-corrected chi connectivity index (χ1v) is 10.5. The van der Waals surface area contributed by atoms with E-state index in [-0.39, 0.29) is 24.5 Å². The van der Waals surface area contributed by atoms with Gasteiger partial charge in [-0.3, -0.25) is 0 Å². The van der Waals surface area contributed by atoms with Gasteiger partial charge in [0.1, 0.15) is 17.2 Å². The largest absolute Gasteiger partial charge is 0.463 e. The number of amides is 2. The van der Waals surface area contributed by atoms with Crippen molar-refractivity contribution in [3.05, 3.63) is 57.4 Å². The zero-order valence-corrected chi connectivity index (χ0v) is 18.6. The highest BCUT2D eigenvalue weighted by atomic mass is 35.5. The first-order valence-electron chi connectivity index (χ1n) is 9.40. The van der Waals surface area contributed by atoms with Gasteiger partial charge in [0.25, 0.3) is 0 Å². The Morgan fingerprint density at radius 2 is 1.94 bits per heavy atom. The number of ether oxygens (including phenoxy) is 2. The van der Waals surface area contributed by atoms with Crippen molar-refractivity contribution in [1.82, 2.24) is 15.0 Å². The maximum Gasteiger partial charge on any atom is 0.343 e. The van der Waals surface area contributed by atoms with Crippen LogP contribution >= 0.6 is 23.1 Å². The third-order valence-electron chi connectivity index (χ3n) is 4.49. The molecule has 1 atom stereocenters.